The van der Waals surface area contributed by atoms with E-state index in [4.69, 9.17) is 0 Å². The maximum atomic E-state index is 11.6. The number of amides is 1. The Morgan fingerprint density at radius 2 is 2.06 bits per heavy atom. The van der Waals surface area contributed by atoms with Crippen molar-refractivity contribution in [1.82, 2.24) is 20.5 Å². The highest BCUT2D eigenvalue weighted by molar-refractivity contribution is 5.90. The topological polar surface area (TPSA) is 70.7 Å². The van der Waals surface area contributed by atoms with Crippen molar-refractivity contribution in [2.45, 2.75) is 40.0 Å². The van der Waals surface area contributed by atoms with Crippen molar-refractivity contribution in [3.8, 4) is 0 Å². The van der Waals surface area contributed by atoms with Gasteiger partial charge in [0.15, 0.2) is 0 Å². The Morgan fingerprint density at radius 1 is 1.44 bits per heavy atom. The third-order valence-corrected chi connectivity index (χ3v) is 2.07. The van der Waals surface area contributed by atoms with Gasteiger partial charge in [0, 0.05) is 12.0 Å². The lowest BCUT2D eigenvalue weighted by Crippen LogP contribution is -2.28. The first-order valence-electron chi connectivity index (χ1n) is 5.52. The normalized spacial score (nSPS) is 11.9. The number of carbonyl (C=O) groups excluding carboxylic acids is 1. The molecule has 5 heteroatoms. The smallest absolute Gasteiger partial charge is 0.290 e. The molecular formula is C11H20N4O. The molecule has 0 bridgehead atoms. The molecule has 0 aliphatic heterocycles. The molecule has 1 aromatic heterocycles. The van der Waals surface area contributed by atoms with E-state index in [1.165, 1.54) is 0 Å². The maximum Gasteiger partial charge on any atom is 0.290 e. The van der Waals surface area contributed by atoms with Crippen LogP contribution in [0.2, 0.25) is 0 Å². The third-order valence-electron chi connectivity index (χ3n) is 2.07. The Kier molecular flexibility index (Phi) is 3.67. The van der Waals surface area contributed by atoms with Gasteiger partial charge in [-0.05, 0) is 5.92 Å². The van der Waals surface area contributed by atoms with Gasteiger partial charge >= 0.3 is 0 Å². The molecule has 0 fully saturated rings. The molecule has 1 rings (SSSR count). The lowest BCUT2D eigenvalue weighted by atomic mass is 9.96. The van der Waals surface area contributed by atoms with E-state index in [9.17, 15) is 4.79 Å². The van der Waals surface area contributed by atoms with E-state index in [0.717, 1.165) is 5.82 Å². The van der Waals surface area contributed by atoms with E-state index in [0.29, 0.717) is 12.5 Å². The van der Waals surface area contributed by atoms with Gasteiger partial charge in [-0.25, -0.2) is 4.98 Å². The summed E-state index contributed by atoms with van der Waals surface area (Å²) in [6.45, 7) is 10.8. The summed E-state index contributed by atoms with van der Waals surface area (Å²) in [5.74, 6) is 1.14. The molecule has 1 aromatic rings. The molecule has 0 aromatic carbocycles. The number of nitrogens with one attached hydrogen (secondary N) is 2. The van der Waals surface area contributed by atoms with E-state index in [1.54, 1.807) is 0 Å². The van der Waals surface area contributed by atoms with Gasteiger partial charge < -0.3 is 5.32 Å². The Balaban J connectivity index is 2.67. The number of H-pyrrole nitrogens is 1. The molecule has 90 valence electrons. The number of nitrogens with zero attached hydrogens (tertiary/aromatic N) is 2. The third kappa shape index (κ3) is 3.32. The molecule has 0 saturated heterocycles. The lowest BCUT2D eigenvalue weighted by molar-refractivity contribution is 0.0939. The fourth-order valence-electron chi connectivity index (χ4n) is 1.07. The summed E-state index contributed by atoms with van der Waals surface area (Å²) in [7, 11) is 0. The molecular weight excluding hydrogens is 204 g/mol. The second-order valence-electron chi connectivity index (χ2n) is 5.36. The van der Waals surface area contributed by atoms with Crippen LogP contribution in [-0.2, 0) is 5.41 Å². The first kappa shape index (κ1) is 12.7. The van der Waals surface area contributed by atoms with Gasteiger partial charge in [-0.3, -0.25) is 9.89 Å². The van der Waals surface area contributed by atoms with Crippen LogP contribution < -0.4 is 5.32 Å². The number of hydrogen-bond acceptors (Lipinski definition) is 3. The predicted octanol–water partition coefficient (Wildman–Crippen LogP) is 1.49. The van der Waals surface area contributed by atoms with Crippen LogP contribution in [0.4, 0.5) is 0 Å². The van der Waals surface area contributed by atoms with Crippen LogP contribution in [0.15, 0.2) is 0 Å². The summed E-state index contributed by atoms with van der Waals surface area (Å²) >= 11 is 0. The molecule has 0 aliphatic rings. The first-order valence-corrected chi connectivity index (χ1v) is 5.52. The summed E-state index contributed by atoms with van der Waals surface area (Å²) in [6, 6.07) is 0. The quantitative estimate of drug-likeness (QED) is 0.817. The fraction of sp³-hybridized carbons (Fsp3) is 0.727. The Morgan fingerprint density at radius 3 is 2.50 bits per heavy atom. The SMILES string of the molecule is CC(C)CNC(=O)c1n[nH]c(C(C)(C)C)n1. The van der Waals surface area contributed by atoms with Crippen molar-refractivity contribution in [2.24, 2.45) is 5.92 Å². The highest BCUT2D eigenvalue weighted by Crippen LogP contribution is 2.17. The second kappa shape index (κ2) is 4.63. The lowest BCUT2D eigenvalue weighted by Gasteiger charge is -2.12. The first-order chi connectivity index (χ1) is 7.30. The van der Waals surface area contributed by atoms with Crippen molar-refractivity contribution >= 4 is 5.91 Å². The highest BCUT2D eigenvalue weighted by Gasteiger charge is 2.21. The number of aromatic amines is 1. The molecule has 5 nitrogen and oxygen atoms in total. The Bertz CT molecular complexity index is 362. The zero-order valence-electron chi connectivity index (χ0n) is 10.6. The molecule has 1 amide bonds. The standard InChI is InChI=1S/C11H20N4O/c1-7(2)6-12-9(16)8-13-10(15-14-8)11(3,4)5/h7H,6H2,1-5H3,(H,12,16)(H,13,14,15). The number of aromatic nitrogens is 3. The van der Waals surface area contributed by atoms with E-state index in [2.05, 4.69) is 20.5 Å². The molecule has 0 unspecified atom stereocenters. The Hall–Kier alpha value is -1.39. The minimum absolute atomic E-state index is 0.121. The van der Waals surface area contributed by atoms with Crippen LogP contribution in [0.25, 0.3) is 0 Å². The molecule has 0 spiro atoms. The van der Waals surface area contributed by atoms with Crippen LogP contribution in [-0.4, -0.2) is 27.6 Å². The Labute approximate surface area is 96.0 Å². The van der Waals surface area contributed by atoms with Gasteiger partial charge in [0.25, 0.3) is 5.91 Å². The van der Waals surface area contributed by atoms with Gasteiger partial charge in [0.05, 0.1) is 0 Å². The van der Waals surface area contributed by atoms with Crippen LogP contribution in [0.3, 0.4) is 0 Å². The number of carbonyl (C=O) groups is 1. The van der Waals surface area contributed by atoms with E-state index >= 15 is 0 Å². The van der Waals surface area contributed by atoms with Gasteiger partial charge in [-0.1, -0.05) is 34.6 Å². The van der Waals surface area contributed by atoms with Crippen molar-refractivity contribution in [2.75, 3.05) is 6.54 Å². The van der Waals surface area contributed by atoms with Crippen molar-refractivity contribution in [3.63, 3.8) is 0 Å². The van der Waals surface area contributed by atoms with Crippen LogP contribution in [0, 0.1) is 5.92 Å². The summed E-state index contributed by atoms with van der Waals surface area (Å²) in [5.41, 5.74) is -0.121. The van der Waals surface area contributed by atoms with Gasteiger partial charge in [0.1, 0.15) is 5.82 Å². The minimum atomic E-state index is -0.222. The molecule has 0 saturated carbocycles. The zero-order valence-corrected chi connectivity index (χ0v) is 10.6. The largest absolute Gasteiger partial charge is 0.349 e. The van der Waals surface area contributed by atoms with Crippen LogP contribution in [0.1, 0.15) is 51.1 Å². The van der Waals surface area contributed by atoms with Crippen molar-refractivity contribution < 1.29 is 4.79 Å². The average Bonchev–Trinajstić information content (AvgIpc) is 2.61. The summed E-state index contributed by atoms with van der Waals surface area (Å²) in [5, 5.41) is 9.48. The summed E-state index contributed by atoms with van der Waals surface area (Å²) < 4.78 is 0. The predicted molar refractivity (Wildman–Crippen MR) is 62.3 cm³/mol. The molecule has 0 atom stereocenters. The van der Waals surface area contributed by atoms with Gasteiger partial charge in [-0.15, -0.1) is 5.10 Å². The molecule has 0 aliphatic carbocycles. The molecule has 0 radical (unpaired) electrons. The van der Waals surface area contributed by atoms with Gasteiger partial charge in [0.2, 0.25) is 5.82 Å². The van der Waals surface area contributed by atoms with E-state index < -0.39 is 0 Å². The average molecular weight is 224 g/mol. The zero-order chi connectivity index (χ0) is 12.3. The van der Waals surface area contributed by atoms with Crippen molar-refractivity contribution in [3.05, 3.63) is 11.6 Å². The fourth-order valence-corrected chi connectivity index (χ4v) is 1.07. The second-order valence-corrected chi connectivity index (χ2v) is 5.36. The molecule has 2 N–H and O–H groups in total. The summed E-state index contributed by atoms with van der Waals surface area (Å²) in [6.07, 6.45) is 0. The minimum Gasteiger partial charge on any atom is -0.349 e. The number of hydrogen-bond donors (Lipinski definition) is 2. The maximum absolute atomic E-state index is 11.6. The van der Waals surface area contributed by atoms with Crippen molar-refractivity contribution in [1.29, 1.82) is 0 Å². The number of rotatable bonds is 3. The summed E-state index contributed by atoms with van der Waals surface area (Å²) in [4.78, 5) is 15.8. The monoisotopic (exact) mass is 224 g/mol. The van der Waals surface area contributed by atoms with Crippen LogP contribution >= 0.6 is 0 Å². The van der Waals surface area contributed by atoms with E-state index in [1.807, 2.05) is 34.6 Å². The van der Waals surface area contributed by atoms with E-state index in [-0.39, 0.29) is 17.1 Å². The molecule has 16 heavy (non-hydrogen) atoms. The van der Waals surface area contributed by atoms with Crippen LogP contribution in [0.5, 0.6) is 0 Å². The highest BCUT2D eigenvalue weighted by atomic mass is 16.2. The molecule has 1 heterocycles. The van der Waals surface area contributed by atoms with Gasteiger partial charge in [-0.2, -0.15) is 0 Å².